The third-order valence-electron chi connectivity index (χ3n) is 5.04. The van der Waals surface area contributed by atoms with E-state index in [9.17, 15) is 0 Å². The Hall–Kier alpha value is -2.51. The minimum atomic E-state index is 0.228. The smallest absolute Gasteiger partial charge is 0.231 e. The number of benzene rings is 2. The van der Waals surface area contributed by atoms with Crippen LogP contribution >= 0.6 is 11.8 Å². The van der Waals surface area contributed by atoms with E-state index in [0.29, 0.717) is 6.79 Å². The second-order valence-corrected chi connectivity index (χ2v) is 8.22. The van der Waals surface area contributed by atoms with Crippen LogP contribution < -0.4 is 9.47 Å². The third-order valence-corrected chi connectivity index (χ3v) is 6.08. The normalized spacial score (nSPS) is 13.8. The van der Waals surface area contributed by atoms with Gasteiger partial charge in [-0.25, -0.2) is 0 Å². The van der Waals surface area contributed by atoms with Gasteiger partial charge >= 0.3 is 0 Å². The highest BCUT2D eigenvalue weighted by atomic mass is 32.2. The van der Waals surface area contributed by atoms with E-state index in [1.807, 2.05) is 18.2 Å². The molecule has 0 saturated heterocycles. The van der Waals surface area contributed by atoms with Crippen LogP contribution in [-0.2, 0) is 12.3 Å². The summed E-state index contributed by atoms with van der Waals surface area (Å²) in [6.07, 6.45) is 0.979. The molecule has 1 aromatic heterocycles. The maximum absolute atomic E-state index is 5.50. The Morgan fingerprint density at radius 1 is 1.03 bits per heavy atom. The average molecular weight is 411 g/mol. The molecule has 0 saturated carbocycles. The van der Waals surface area contributed by atoms with Crippen molar-refractivity contribution in [3.8, 4) is 11.5 Å². The first-order valence-corrected chi connectivity index (χ1v) is 10.8. The molecule has 0 N–H and O–H groups in total. The third kappa shape index (κ3) is 4.41. The van der Waals surface area contributed by atoms with E-state index in [-0.39, 0.29) is 6.04 Å². The molecule has 0 unspecified atom stereocenters. The lowest BCUT2D eigenvalue weighted by molar-refractivity contribution is 0.174. The molecular weight excluding hydrogens is 384 g/mol. The summed E-state index contributed by atoms with van der Waals surface area (Å²) in [6, 6.07) is 16.8. The lowest BCUT2D eigenvalue weighted by Crippen LogP contribution is -2.23. The summed E-state index contributed by atoms with van der Waals surface area (Å²) in [6.45, 7) is 3.24. The van der Waals surface area contributed by atoms with Crippen LogP contribution in [0.25, 0.3) is 0 Å². The number of ether oxygens (including phenoxy) is 2. The summed E-state index contributed by atoms with van der Waals surface area (Å²) in [5.74, 6) is 3.43. The molecule has 3 aromatic rings. The molecule has 0 amide bonds. The molecule has 0 spiro atoms. The molecule has 29 heavy (non-hydrogen) atoms. The summed E-state index contributed by atoms with van der Waals surface area (Å²) >= 11 is 1.70. The predicted molar refractivity (Wildman–Crippen MR) is 114 cm³/mol. The number of hydrogen-bond donors (Lipinski definition) is 0. The number of fused-ring (bicyclic) bond motifs is 1. The van der Waals surface area contributed by atoms with Crippen molar-refractivity contribution < 1.29 is 9.47 Å². The molecule has 7 heteroatoms. The molecule has 2 heterocycles. The maximum atomic E-state index is 5.50. The Bertz CT molecular complexity index is 959. The van der Waals surface area contributed by atoms with Crippen LogP contribution in [0.3, 0.4) is 0 Å². The van der Waals surface area contributed by atoms with Crippen LogP contribution in [0.2, 0.25) is 0 Å². The zero-order valence-corrected chi connectivity index (χ0v) is 17.9. The molecular formula is C22H26N4O2S. The number of rotatable bonds is 8. The fraction of sp³-hybridized carbons (Fsp3) is 0.364. The molecule has 1 atom stereocenters. The standard InChI is InChI=1S/C22H26N4O2S/c1-4-18(25(2)3)21-23-24-22(26(21)13-16-8-6-5-7-9-16)29-14-17-10-11-19-20(12-17)28-15-27-19/h5-12,18H,4,13-15H2,1-3H3/t18-/m0/s1. The quantitative estimate of drug-likeness (QED) is 0.514. The van der Waals surface area contributed by atoms with Crippen molar-refractivity contribution in [2.24, 2.45) is 0 Å². The van der Waals surface area contributed by atoms with Gasteiger partial charge in [0.1, 0.15) is 0 Å². The predicted octanol–water partition coefficient (Wildman–Crippen LogP) is 4.36. The summed E-state index contributed by atoms with van der Waals surface area (Å²) < 4.78 is 13.2. The molecule has 0 bridgehead atoms. The Kier molecular flexibility index (Phi) is 6.06. The second-order valence-electron chi connectivity index (χ2n) is 7.28. The fourth-order valence-corrected chi connectivity index (χ4v) is 4.41. The highest BCUT2D eigenvalue weighted by Crippen LogP contribution is 2.34. The maximum Gasteiger partial charge on any atom is 0.231 e. The van der Waals surface area contributed by atoms with Gasteiger partial charge in [0.05, 0.1) is 12.6 Å². The van der Waals surface area contributed by atoms with Crippen molar-refractivity contribution in [3.63, 3.8) is 0 Å². The first-order valence-electron chi connectivity index (χ1n) is 9.80. The number of aromatic nitrogens is 3. The molecule has 0 radical (unpaired) electrons. The first kappa shape index (κ1) is 19.8. The van der Waals surface area contributed by atoms with E-state index in [1.54, 1.807) is 11.8 Å². The summed E-state index contributed by atoms with van der Waals surface area (Å²) in [5, 5.41) is 10.1. The largest absolute Gasteiger partial charge is 0.454 e. The van der Waals surface area contributed by atoms with Gasteiger partial charge in [0, 0.05) is 5.75 Å². The van der Waals surface area contributed by atoms with Crippen LogP contribution in [-0.4, -0.2) is 40.6 Å². The topological polar surface area (TPSA) is 52.4 Å². The van der Waals surface area contributed by atoms with Crippen LogP contribution in [0, 0.1) is 0 Å². The van der Waals surface area contributed by atoms with Gasteiger partial charge in [-0.1, -0.05) is 55.1 Å². The molecule has 152 valence electrons. The monoisotopic (exact) mass is 410 g/mol. The Morgan fingerprint density at radius 2 is 1.83 bits per heavy atom. The molecule has 1 aliphatic rings. The molecule has 0 aliphatic carbocycles. The lowest BCUT2D eigenvalue weighted by Gasteiger charge is -2.23. The molecule has 1 aliphatic heterocycles. The van der Waals surface area contributed by atoms with Gasteiger partial charge in [0.25, 0.3) is 0 Å². The van der Waals surface area contributed by atoms with Crippen molar-refractivity contribution in [2.75, 3.05) is 20.9 Å². The van der Waals surface area contributed by atoms with Gasteiger partial charge in [-0.15, -0.1) is 10.2 Å². The van der Waals surface area contributed by atoms with Crippen LogP contribution in [0.5, 0.6) is 11.5 Å². The van der Waals surface area contributed by atoms with Crippen LogP contribution in [0.15, 0.2) is 53.7 Å². The SMILES string of the molecule is CC[C@@H](c1nnc(SCc2ccc3c(c2)OCO3)n1Cc1ccccc1)N(C)C. The zero-order valence-electron chi connectivity index (χ0n) is 17.0. The van der Waals surface area contributed by atoms with Gasteiger partial charge in [0.15, 0.2) is 22.5 Å². The van der Waals surface area contributed by atoms with Gasteiger partial charge < -0.3 is 14.0 Å². The molecule has 6 nitrogen and oxygen atoms in total. The minimum Gasteiger partial charge on any atom is -0.454 e. The zero-order chi connectivity index (χ0) is 20.2. The van der Waals surface area contributed by atoms with Gasteiger partial charge in [-0.2, -0.15) is 0 Å². The second kappa shape index (κ2) is 8.88. The molecule has 2 aromatic carbocycles. The Morgan fingerprint density at radius 3 is 2.59 bits per heavy atom. The van der Waals surface area contributed by atoms with E-state index in [2.05, 4.69) is 71.0 Å². The van der Waals surface area contributed by atoms with E-state index >= 15 is 0 Å². The summed E-state index contributed by atoms with van der Waals surface area (Å²) in [5.41, 5.74) is 2.42. The number of thioether (sulfide) groups is 1. The van der Waals surface area contributed by atoms with Crippen LogP contribution in [0.1, 0.15) is 36.3 Å². The van der Waals surface area contributed by atoms with E-state index in [0.717, 1.165) is 41.2 Å². The number of nitrogens with zero attached hydrogens (tertiary/aromatic N) is 4. The first-order chi connectivity index (χ1) is 14.2. The van der Waals surface area contributed by atoms with Crippen molar-refractivity contribution in [1.82, 2.24) is 19.7 Å². The van der Waals surface area contributed by atoms with E-state index in [1.165, 1.54) is 11.1 Å². The van der Waals surface area contributed by atoms with Crippen LogP contribution in [0.4, 0.5) is 0 Å². The van der Waals surface area contributed by atoms with Crippen molar-refractivity contribution in [1.29, 1.82) is 0 Å². The average Bonchev–Trinajstić information content (AvgIpc) is 3.35. The fourth-order valence-electron chi connectivity index (χ4n) is 3.53. The number of hydrogen-bond acceptors (Lipinski definition) is 6. The summed E-state index contributed by atoms with van der Waals surface area (Å²) in [4.78, 5) is 2.21. The van der Waals surface area contributed by atoms with Gasteiger partial charge in [0.2, 0.25) is 6.79 Å². The Balaban J connectivity index is 1.59. The van der Waals surface area contributed by atoms with Gasteiger partial charge in [-0.3, -0.25) is 4.90 Å². The van der Waals surface area contributed by atoms with Crippen molar-refractivity contribution in [2.45, 2.75) is 36.8 Å². The molecule has 4 rings (SSSR count). The summed E-state index contributed by atoms with van der Waals surface area (Å²) in [7, 11) is 4.18. The van der Waals surface area contributed by atoms with E-state index < -0.39 is 0 Å². The van der Waals surface area contributed by atoms with Crippen molar-refractivity contribution in [3.05, 3.63) is 65.5 Å². The minimum absolute atomic E-state index is 0.228. The van der Waals surface area contributed by atoms with Crippen molar-refractivity contribution >= 4 is 11.8 Å². The Labute approximate surface area is 175 Å². The molecule has 0 fully saturated rings. The van der Waals surface area contributed by atoms with Gasteiger partial charge in [-0.05, 0) is 43.8 Å². The highest BCUT2D eigenvalue weighted by molar-refractivity contribution is 7.98. The van der Waals surface area contributed by atoms with E-state index in [4.69, 9.17) is 9.47 Å². The highest BCUT2D eigenvalue weighted by Gasteiger charge is 2.22. The lowest BCUT2D eigenvalue weighted by atomic mass is 10.2.